The first kappa shape index (κ1) is 16.4. The van der Waals surface area contributed by atoms with E-state index in [1.54, 1.807) is 11.0 Å². The van der Waals surface area contributed by atoms with E-state index in [-0.39, 0.29) is 12.3 Å². The van der Waals surface area contributed by atoms with E-state index in [4.69, 9.17) is 0 Å². The Morgan fingerprint density at radius 2 is 1.92 bits per heavy atom. The van der Waals surface area contributed by atoms with Crippen molar-refractivity contribution in [2.45, 2.75) is 19.1 Å². The van der Waals surface area contributed by atoms with Gasteiger partial charge in [-0.2, -0.15) is 13.2 Å². The Kier molecular flexibility index (Phi) is 4.46. The smallest absolute Gasteiger partial charge is 0.383 e. The molecule has 1 heterocycles. The Hall–Kier alpha value is -2.50. The van der Waals surface area contributed by atoms with Crippen LogP contribution in [0.25, 0.3) is 0 Å². The number of alkyl halides is 3. The third kappa shape index (κ3) is 3.69. The molecule has 2 aromatic carbocycles. The first-order valence-electron chi connectivity index (χ1n) is 7.69. The van der Waals surface area contributed by atoms with Crippen molar-refractivity contribution >= 4 is 11.6 Å². The minimum Gasteiger partial charge on any atom is -0.383 e. The Morgan fingerprint density at radius 3 is 2.71 bits per heavy atom. The maximum absolute atomic E-state index is 12.8. The molecule has 1 aliphatic rings. The molecule has 1 amide bonds. The van der Waals surface area contributed by atoms with Crippen molar-refractivity contribution < 1.29 is 18.0 Å². The lowest BCUT2D eigenvalue weighted by molar-refractivity contribution is -0.138. The fourth-order valence-corrected chi connectivity index (χ4v) is 2.80. The predicted molar refractivity (Wildman–Crippen MR) is 85.5 cm³/mol. The van der Waals surface area contributed by atoms with Crippen LogP contribution in [0.3, 0.4) is 0 Å². The molecule has 3 rings (SSSR count). The van der Waals surface area contributed by atoms with Gasteiger partial charge in [0.25, 0.3) is 0 Å². The topological polar surface area (TPSA) is 32.3 Å². The van der Waals surface area contributed by atoms with Gasteiger partial charge >= 0.3 is 6.18 Å². The summed E-state index contributed by atoms with van der Waals surface area (Å²) in [6, 6.07) is 12.7. The third-order valence-corrected chi connectivity index (χ3v) is 4.04. The van der Waals surface area contributed by atoms with Crippen molar-refractivity contribution in [3.63, 3.8) is 0 Å². The minimum atomic E-state index is -4.40. The van der Waals surface area contributed by atoms with E-state index in [2.05, 4.69) is 5.32 Å². The Morgan fingerprint density at radius 1 is 1.12 bits per heavy atom. The highest BCUT2D eigenvalue weighted by Crippen LogP contribution is 2.29. The largest absolute Gasteiger partial charge is 0.416 e. The van der Waals surface area contributed by atoms with Crippen molar-refractivity contribution in [2.75, 3.05) is 18.4 Å². The van der Waals surface area contributed by atoms with E-state index < -0.39 is 11.7 Å². The summed E-state index contributed by atoms with van der Waals surface area (Å²) < 4.78 is 38.3. The van der Waals surface area contributed by atoms with E-state index in [9.17, 15) is 18.0 Å². The highest BCUT2D eigenvalue weighted by molar-refractivity contribution is 5.79. The van der Waals surface area contributed by atoms with Crippen LogP contribution in [0, 0.1) is 0 Å². The van der Waals surface area contributed by atoms with E-state index >= 15 is 0 Å². The van der Waals surface area contributed by atoms with Crippen LogP contribution in [-0.4, -0.2) is 23.9 Å². The fourth-order valence-electron chi connectivity index (χ4n) is 2.80. The number of amides is 1. The number of para-hydroxylation sites is 1. The molecule has 0 radical (unpaired) electrons. The molecular formula is C18H17F3N2O. The van der Waals surface area contributed by atoms with Gasteiger partial charge in [0, 0.05) is 25.3 Å². The maximum Gasteiger partial charge on any atom is 0.416 e. The van der Waals surface area contributed by atoms with Crippen LogP contribution in [0.2, 0.25) is 0 Å². The summed E-state index contributed by atoms with van der Waals surface area (Å²) in [7, 11) is 0. The third-order valence-electron chi connectivity index (χ3n) is 4.04. The lowest BCUT2D eigenvalue weighted by Gasteiger charge is -2.20. The van der Waals surface area contributed by atoms with Crippen molar-refractivity contribution in [1.29, 1.82) is 0 Å². The summed E-state index contributed by atoms with van der Waals surface area (Å²) in [5, 5.41) is 3.26. The zero-order chi connectivity index (χ0) is 17.2. The number of nitrogens with zero attached hydrogens (tertiary/aromatic N) is 1. The van der Waals surface area contributed by atoms with Gasteiger partial charge < -0.3 is 10.2 Å². The fraction of sp³-hybridized carbons (Fsp3) is 0.278. The maximum atomic E-state index is 12.8. The molecule has 0 spiro atoms. The summed E-state index contributed by atoms with van der Waals surface area (Å²) in [5.41, 5.74) is 1.65. The number of nitrogens with one attached hydrogen (secondary N) is 1. The summed E-state index contributed by atoms with van der Waals surface area (Å²) in [5.74, 6) is -0.173. The van der Waals surface area contributed by atoms with Crippen LogP contribution >= 0.6 is 0 Å². The molecule has 0 fully saturated rings. The summed E-state index contributed by atoms with van der Waals surface area (Å²) in [4.78, 5) is 14.2. The molecule has 1 aliphatic heterocycles. The van der Waals surface area contributed by atoms with Crippen LogP contribution in [0.4, 0.5) is 18.9 Å². The van der Waals surface area contributed by atoms with Gasteiger partial charge in [-0.3, -0.25) is 4.79 Å². The number of hydrogen-bond acceptors (Lipinski definition) is 2. The predicted octanol–water partition coefficient (Wildman–Crippen LogP) is 3.70. The van der Waals surface area contributed by atoms with Crippen LogP contribution in [0.5, 0.6) is 0 Å². The van der Waals surface area contributed by atoms with E-state index in [0.717, 1.165) is 23.4 Å². The lowest BCUT2D eigenvalue weighted by atomic mass is 10.1. The second-order valence-corrected chi connectivity index (χ2v) is 5.77. The number of rotatable bonds is 2. The van der Waals surface area contributed by atoms with Gasteiger partial charge in [0.05, 0.1) is 12.0 Å². The standard InChI is InChI=1S/C18H17F3N2O/c19-18(20,21)15-6-3-4-13(10-15)11-17(24)23-9-8-22-16-7-2-1-5-14(16)12-23/h1-7,10,22H,8-9,11-12H2. The quantitative estimate of drug-likeness (QED) is 0.908. The molecule has 0 unspecified atom stereocenters. The Bertz CT molecular complexity index is 743. The zero-order valence-electron chi connectivity index (χ0n) is 12.9. The van der Waals surface area contributed by atoms with E-state index in [0.29, 0.717) is 25.2 Å². The Labute approximate surface area is 138 Å². The lowest BCUT2D eigenvalue weighted by Crippen LogP contribution is -2.33. The average molecular weight is 334 g/mol. The van der Waals surface area contributed by atoms with E-state index in [1.165, 1.54) is 6.07 Å². The van der Waals surface area contributed by atoms with Gasteiger partial charge in [0.1, 0.15) is 0 Å². The molecule has 0 aliphatic carbocycles. The molecule has 0 atom stereocenters. The number of benzene rings is 2. The average Bonchev–Trinajstić information content (AvgIpc) is 2.76. The summed E-state index contributed by atoms with van der Waals surface area (Å²) in [6.07, 6.45) is -4.43. The van der Waals surface area contributed by atoms with Crippen molar-refractivity contribution in [2.24, 2.45) is 0 Å². The van der Waals surface area contributed by atoms with Gasteiger partial charge in [-0.1, -0.05) is 36.4 Å². The number of hydrogen-bond donors (Lipinski definition) is 1. The molecule has 2 aromatic rings. The van der Waals surface area contributed by atoms with Crippen molar-refractivity contribution in [3.8, 4) is 0 Å². The number of carbonyl (C=O) groups excluding carboxylic acids is 1. The van der Waals surface area contributed by atoms with E-state index in [1.807, 2.05) is 24.3 Å². The highest BCUT2D eigenvalue weighted by atomic mass is 19.4. The molecule has 3 nitrogen and oxygen atoms in total. The number of halogens is 3. The highest BCUT2D eigenvalue weighted by Gasteiger charge is 2.30. The molecule has 126 valence electrons. The molecular weight excluding hydrogens is 317 g/mol. The van der Waals surface area contributed by atoms with Crippen LogP contribution in [0.15, 0.2) is 48.5 Å². The second-order valence-electron chi connectivity index (χ2n) is 5.77. The minimum absolute atomic E-state index is 0.0356. The normalized spacial score (nSPS) is 14.5. The summed E-state index contributed by atoms with van der Waals surface area (Å²) >= 11 is 0. The SMILES string of the molecule is O=C(Cc1cccc(C(F)(F)F)c1)N1CCNc2ccccc2C1. The number of anilines is 1. The van der Waals surface area contributed by atoms with Gasteiger partial charge in [-0.25, -0.2) is 0 Å². The van der Waals surface area contributed by atoms with Gasteiger partial charge in [-0.15, -0.1) is 0 Å². The van der Waals surface area contributed by atoms with Crippen LogP contribution < -0.4 is 5.32 Å². The first-order valence-corrected chi connectivity index (χ1v) is 7.69. The zero-order valence-corrected chi connectivity index (χ0v) is 12.9. The van der Waals surface area contributed by atoms with Crippen molar-refractivity contribution in [1.82, 2.24) is 4.90 Å². The molecule has 24 heavy (non-hydrogen) atoms. The number of carbonyl (C=O) groups is 1. The number of fused-ring (bicyclic) bond motifs is 1. The van der Waals surface area contributed by atoms with Gasteiger partial charge in [-0.05, 0) is 23.3 Å². The van der Waals surface area contributed by atoms with Gasteiger partial charge in [0.2, 0.25) is 5.91 Å². The van der Waals surface area contributed by atoms with Crippen molar-refractivity contribution in [3.05, 3.63) is 65.2 Å². The Balaban J connectivity index is 1.74. The first-order chi connectivity index (χ1) is 11.4. The molecule has 0 saturated heterocycles. The van der Waals surface area contributed by atoms with Crippen LogP contribution in [0.1, 0.15) is 16.7 Å². The molecule has 1 N–H and O–H groups in total. The summed E-state index contributed by atoms with van der Waals surface area (Å²) in [6.45, 7) is 1.60. The molecule has 6 heteroatoms. The monoisotopic (exact) mass is 334 g/mol. The second kappa shape index (κ2) is 6.55. The molecule has 0 bridgehead atoms. The van der Waals surface area contributed by atoms with Gasteiger partial charge in [0.15, 0.2) is 0 Å². The molecule has 0 saturated carbocycles. The van der Waals surface area contributed by atoms with Crippen LogP contribution in [-0.2, 0) is 23.9 Å². The molecule has 0 aromatic heterocycles.